The molecule has 0 aromatic heterocycles. The van der Waals surface area contributed by atoms with Crippen molar-refractivity contribution in [2.75, 3.05) is 31.7 Å². The first kappa shape index (κ1) is 18.1. The van der Waals surface area contributed by atoms with Crippen LogP contribution in [0.3, 0.4) is 0 Å². The molecule has 27 heavy (non-hydrogen) atoms. The van der Waals surface area contributed by atoms with Gasteiger partial charge in [0.1, 0.15) is 5.69 Å². The Balaban J connectivity index is 1.57. The third-order valence-electron chi connectivity index (χ3n) is 5.26. The maximum Gasteiger partial charge on any atom is 0.295 e. The van der Waals surface area contributed by atoms with Crippen molar-refractivity contribution in [3.63, 3.8) is 0 Å². The van der Waals surface area contributed by atoms with Crippen molar-refractivity contribution in [1.82, 2.24) is 4.31 Å². The molecule has 3 aliphatic rings. The molecule has 2 atom stereocenters. The summed E-state index contributed by atoms with van der Waals surface area (Å²) >= 11 is 0. The number of hydrogen-bond acceptors (Lipinski definition) is 7. The number of hydrogen-bond donors (Lipinski definition) is 1. The maximum absolute atomic E-state index is 12.7. The Labute approximate surface area is 156 Å². The lowest BCUT2D eigenvalue weighted by molar-refractivity contribution is -0.384. The van der Waals surface area contributed by atoms with E-state index in [1.54, 1.807) is 0 Å². The number of anilines is 1. The van der Waals surface area contributed by atoms with Crippen molar-refractivity contribution in [3.8, 4) is 0 Å². The van der Waals surface area contributed by atoms with E-state index < -0.39 is 14.9 Å². The van der Waals surface area contributed by atoms with Gasteiger partial charge in [-0.2, -0.15) is 9.41 Å². The lowest BCUT2D eigenvalue weighted by atomic mass is 9.74. The summed E-state index contributed by atoms with van der Waals surface area (Å²) in [5.41, 5.74) is 3.62. The van der Waals surface area contributed by atoms with Crippen LogP contribution in [-0.2, 0) is 14.8 Å². The van der Waals surface area contributed by atoms with Crippen LogP contribution in [-0.4, -0.2) is 49.7 Å². The summed E-state index contributed by atoms with van der Waals surface area (Å²) in [6.45, 7) is 1.10. The molecule has 1 aliphatic heterocycles. The molecule has 9 nitrogen and oxygen atoms in total. The SMILES string of the molecule is O=[N+]([O-])c1cc(S(=O)(=O)N2CCOCC2)ccc1N/N=C1/C[C@H]2C=CC[C@@H]12. The van der Waals surface area contributed by atoms with Crippen LogP contribution in [0.1, 0.15) is 12.8 Å². The number of ether oxygens (including phenoxy) is 1. The number of nitro benzene ring substituents is 1. The van der Waals surface area contributed by atoms with E-state index in [0.29, 0.717) is 25.0 Å². The second-order valence-electron chi connectivity index (χ2n) is 6.81. The van der Waals surface area contributed by atoms with Crippen LogP contribution < -0.4 is 5.43 Å². The number of rotatable bonds is 5. The van der Waals surface area contributed by atoms with Gasteiger partial charge in [0.15, 0.2) is 0 Å². The second-order valence-corrected chi connectivity index (χ2v) is 8.74. The fourth-order valence-corrected chi connectivity index (χ4v) is 5.08. The Hall–Kier alpha value is -2.30. The number of nitrogens with zero attached hydrogens (tertiary/aromatic N) is 3. The number of hydrazone groups is 1. The van der Waals surface area contributed by atoms with Gasteiger partial charge in [-0.05, 0) is 30.9 Å². The molecule has 144 valence electrons. The fraction of sp³-hybridized carbons (Fsp3) is 0.471. The van der Waals surface area contributed by atoms with Crippen LogP contribution in [0.15, 0.2) is 40.3 Å². The van der Waals surface area contributed by atoms with Crippen LogP contribution in [0.4, 0.5) is 11.4 Å². The van der Waals surface area contributed by atoms with Gasteiger partial charge in [-0.1, -0.05) is 12.2 Å². The van der Waals surface area contributed by atoms with Gasteiger partial charge in [-0.15, -0.1) is 0 Å². The minimum absolute atomic E-state index is 0.0991. The van der Waals surface area contributed by atoms with Crippen molar-refractivity contribution in [3.05, 3.63) is 40.5 Å². The molecule has 1 aromatic carbocycles. The van der Waals surface area contributed by atoms with Gasteiger partial charge in [0, 0.05) is 30.8 Å². The molecule has 2 aliphatic carbocycles. The molecular formula is C17H20N4O5S. The minimum atomic E-state index is -3.79. The Bertz CT molecular complexity index is 921. The van der Waals surface area contributed by atoms with E-state index in [-0.39, 0.29) is 29.4 Å². The summed E-state index contributed by atoms with van der Waals surface area (Å²) in [7, 11) is -3.79. The van der Waals surface area contributed by atoms with Gasteiger partial charge in [-0.25, -0.2) is 8.42 Å². The summed E-state index contributed by atoms with van der Waals surface area (Å²) in [4.78, 5) is 10.8. The zero-order valence-corrected chi connectivity index (χ0v) is 15.4. The van der Waals surface area contributed by atoms with Gasteiger partial charge >= 0.3 is 0 Å². The molecule has 10 heteroatoms. The van der Waals surface area contributed by atoms with Crippen LogP contribution >= 0.6 is 0 Å². The number of morpholine rings is 1. The van der Waals surface area contributed by atoms with Crippen molar-refractivity contribution < 1.29 is 18.1 Å². The van der Waals surface area contributed by atoms with Gasteiger partial charge < -0.3 is 4.74 Å². The predicted molar refractivity (Wildman–Crippen MR) is 99.1 cm³/mol. The highest BCUT2D eigenvalue weighted by molar-refractivity contribution is 7.89. The molecule has 0 amide bonds. The predicted octanol–water partition coefficient (Wildman–Crippen LogP) is 1.98. The lowest BCUT2D eigenvalue weighted by Gasteiger charge is -2.31. The highest BCUT2D eigenvalue weighted by Crippen LogP contribution is 2.40. The monoisotopic (exact) mass is 392 g/mol. The van der Waals surface area contributed by atoms with Gasteiger partial charge in [0.05, 0.1) is 23.0 Å². The van der Waals surface area contributed by atoms with E-state index in [1.807, 2.05) is 0 Å². The van der Waals surface area contributed by atoms with E-state index in [2.05, 4.69) is 22.7 Å². The maximum atomic E-state index is 12.7. The summed E-state index contributed by atoms with van der Waals surface area (Å²) in [5.74, 6) is 0.916. The standard InChI is InChI=1S/C17H20N4O5S/c22-21(23)17-11-13(27(24,25)20-6-8-26-9-7-20)4-5-15(17)18-19-16-10-12-2-1-3-14(12)16/h1-2,4-5,11-12,14,18H,3,6-10H2/b19-16-/t12-,14-/m1/s1. The molecule has 1 saturated heterocycles. The van der Waals surface area contributed by atoms with E-state index in [4.69, 9.17) is 4.74 Å². The van der Waals surface area contributed by atoms with Crippen LogP contribution in [0.2, 0.25) is 0 Å². The molecule has 1 N–H and O–H groups in total. The normalized spacial score (nSPS) is 26.6. The Morgan fingerprint density at radius 3 is 2.78 bits per heavy atom. The minimum Gasteiger partial charge on any atom is -0.379 e. The van der Waals surface area contributed by atoms with E-state index in [0.717, 1.165) is 24.6 Å². The number of nitro groups is 1. The van der Waals surface area contributed by atoms with Crippen molar-refractivity contribution in [2.24, 2.45) is 16.9 Å². The largest absolute Gasteiger partial charge is 0.379 e. The molecule has 0 bridgehead atoms. The molecule has 0 radical (unpaired) electrons. The van der Waals surface area contributed by atoms with Crippen LogP contribution in [0, 0.1) is 22.0 Å². The number of allylic oxidation sites excluding steroid dienone is 2. The highest BCUT2D eigenvalue weighted by atomic mass is 32.2. The summed E-state index contributed by atoms with van der Waals surface area (Å²) in [6, 6.07) is 3.87. The van der Waals surface area contributed by atoms with E-state index >= 15 is 0 Å². The molecular weight excluding hydrogens is 372 g/mol. The second kappa shape index (κ2) is 7.02. The summed E-state index contributed by atoms with van der Waals surface area (Å²) in [5, 5.41) is 15.8. The molecule has 2 fully saturated rings. The molecule has 1 saturated carbocycles. The Morgan fingerprint density at radius 1 is 1.30 bits per heavy atom. The smallest absolute Gasteiger partial charge is 0.295 e. The fourth-order valence-electron chi connectivity index (χ4n) is 3.65. The summed E-state index contributed by atoms with van der Waals surface area (Å²) < 4.78 is 31.9. The average molecular weight is 392 g/mol. The zero-order chi connectivity index (χ0) is 19.0. The third-order valence-corrected chi connectivity index (χ3v) is 7.15. The first-order valence-electron chi connectivity index (χ1n) is 8.82. The zero-order valence-electron chi connectivity index (χ0n) is 14.6. The van der Waals surface area contributed by atoms with Gasteiger partial charge in [0.2, 0.25) is 10.0 Å². The third kappa shape index (κ3) is 3.35. The number of benzene rings is 1. The molecule has 1 aromatic rings. The lowest BCUT2D eigenvalue weighted by Crippen LogP contribution is -2.40. The quantitative estimate of drug-likeness (QED) is 0.466. The number of nitrogens with one attached hydrogen (secondary N) is 1. The number of fused-ring (bicyclic) bond motifs is 1. The van der Waals surface area contributed by atoms with E-state index in [1.165, 1.54) is 16.4 Å². The average Bonchev–Trinajstić information content (AvgIpc) is 3.03. The van der Waals surface area contributed by atoms with Gasteiger partial charge in [-0.3, -0.25) is 15.5 Å². The van der Waals surface area contributed by atoms with Crippen LogP contribution in [0.25, 0.3) is 0 Å². The van der Waals surface area contributed by atoms with E-state index in [9.17, 15) is 18.5 Å². The first-order valence-corrected chi connectivity index (χ1v) is 10.3. The summed E-state index contributed by atoms with van der Waals surface area (Å²) in [6.07, 6.45) is 6.11. The van der Waals surface area contributed by atoms with Crippen molar-refractivity contribution in [1.29, 1.82) is 0 Å². The Morgan fingerprint density at radius 2 is 2.07 bits per heavy atom. The topological polar surface area (TPSA) is 114 Å². The van der Waals surface area contributed by atoms with Gasteiger partial charge in [0.25, 0.3) is 5.69 Å². The highest BCUT2D eigenvalue weighted by Gasteiger charge is 2.38. The van der Waals surface area contributed by atoms with Crippen LogP contribution in [0.5, 0.6) is 0 Å². The first-order chi connectivity index (χ1) is 13.0. The van der Waals surface area contributed by atoms with Crippen molar-refractivity contribution in [2.45, 2.75) is 17.7 Å². The molecule has 0 spiro atoms. The molecule has 4 rings (SSSR count). The molecule has 0 unspecified atom stereocenters. The molecule has 1 heterocycles. The number of sulfonamides is 1. The van der Waals surface area contributed by atoms with Crippen molar-refractivity contribution >= 4 is 27.1 Å². The Kier molecular flexibility index (Phi) is 4.70.